The molecular formula is C49H65F3N6O11S. The van der Waals surface area contributed by atoms with Gasteiger partial charge in [0.15, 0.2) is 11.4 Å². The molecule has 5 unspecified atom stereocenters. The van der Waals surface area contributed by atoms with Crippen molar-refractivity contribution in [2.24, 2.45) is 11.8 Å². The number of alkyl halides is 3. The molecule has 4 fully saturated rings. The van der Waals surface area contributed by atoms with Gasteiger partial charge in [0.1, 0.15) is 40.7 Å². The number of fused-ring (bicyclic) bond motifs is 5. The maximum atomic E-state index is 15.1. The number of alkyl carbamates (subject to hydrolysis) is 1. The summed E-state index contributed by atoms with van der Waals surface area (Å²) in [5.41, 5.74) is -4.93. The second-order valence-electron chi connectivity index (χ2n) is 21.6. The van der Waals surface area contributed by atoms with E-state index in [9.17, 15) is 32.4 Å². The van der Waals surface area contributed by atoms with Crippen LogP contribution in [0.1, 0.15) is 130 Å². The average Bonchev–Trinajstić information content (AvgIpc) is 4.17. The van der Waals surface area contributed by atoms with Gasteiger partial charge in [-0.05, 0) is 103 Å². The molecule has 0 radical (unpaired) electrons. The summed E-state index contributed by atoms with van der Waals surface area (Å²) < 4.78 is 96.8. The number of aromatic nitrogens is 1. The molecule has 2 saturated heterocycles. The Morgan fingerprint density at radius 3 is 2.41 bits per heavy atom. The van der Waals surface area contributed by atoms with Gasteiger partial charge >= 0.3 is 18.4 Å². The molecule has 70 heavy (non-hydrogen) atoms. The quantitative estimate of drug-likeness (QED) is 0.232. The number of carbonyl (C=O) groups excluding carboxylic acids is 5. The molecule has 0 bridgehead atoms. The summed E-state index contributed by atoms with van der Waals surface area (Å²) in [4.78, 5) is 76.5. The van der Waals surface area contributed by atoms with Crippen LogP contribution >= 0.6 is 0 Å². The first-order valence-electron chi connectivity index (χ1n) is 24.5. The molecule has 2 aliphatic carbocycles. The lowest BCUT2D eigenvalue weighted by Crippen LogP contribution is -2.58. The molecule has 5 heterocycles. The maximum Gasteiger partial charge on any atom is 0.437 e. The summed E-state index contributed by atoms with van der Waals surface area (Å²) >= 11 is 0. The highest BCUT2D eigenvalue weighted by Gasteiger charge is 2.64. The number of piperidine rings is 1. The van der Waals surface area contributed by atoms with Gasteiger partial charge in [-0.25, -0.2) is 23.0 Å². The van der Waals surface area contributed by atoms with Crippen LogP contribution in [0.5, 0.6) is 11.5 Å². The third-order valence-electron chi connectivity index (χ3n) is 14.3. The van der Waals surface area contributed by atoms with Crippen molar-refractivity contribution in [2.75, 3.05) is 26.2 Å². The lowest BCUT2D eigenvalue weighted by molar-refractivity contribution is -0.144. The molecule has 1 aromatic carbocycles. The molecule has 5 amide bonds. The predicted octanol–water partition coefficient (Wildman–Crippen LogP) is 6.84. The Balaban J connectivity index is 1.10. The molecule has 6 aliphatic rings. The zero-order valence-electron chi connectivity index (χ0n) is 40.7. The second kappa shape index (κ2) is 19.0. The van der Waals surface area contributed by atoms with Crippen LogP contribution in [-0.4, -0.2) is 119 Å². The third kappa shape index (κ3) is 10.9. The van der Waals surface area contributed by atoms with Crippen LogP contribution in [0.2, 0.25) is 0 Å². The smallest absolute Gasteiger partial charge is 0.437 e. The van der Waals surface area contributed by atoms with E-state index >= 15 is 13.2 Å². The number of allylic oxidation sites excluding steroid dienone is 1. The Hall–Kier alpha value is -5.34. The van der Waals surface area contributed by atoms with Gasteiger partial charge < -0.3 is 39.4 Å². The number of nitrogens with zero attached hydrogens (tertiary/aromatic N) is 3. The van der Waals surface area contributed by atoms with Gasteiger partial charge in [0.25, 0.3) is 5.91 Å². The van der Waals surface area contributed by atoms with Crippen molar-refractivity contribution in [3.05, 3.63) is 41.6 Å². The molecule has 21 heteroatoms. The number of benzene rings is 1. The molecule has 1 spiro atoms. The lowest BCUT2D eigenvalue weighted by atomic mass is 9.87. The molecular weight excluding hydrogens is 938 g/mol. The van der Waals surface area contributed by atoms with Crippen molar-refractivity contribution in [1.29, 1.82) is 0 Å². The zero-order chi connectivity index (χ0) is 50.6. The molecule has 4 aliphatic heterocycles. The number of carbonyl (C=O) groups is 5. The minimum absolute atomic E-state index is 0.0129. The van der Waals surface area contributed by atoms with Gasteiger partial charge in [0.05, 0.1) is 23.4 Å². The average molecular weight is 1000 g/mol. The first-order valence-corrected chi connectivity index (χ1v) is 26.0. The van der Waals surface area contributed by atoms with E-state index in [1.54, 1.807) is 43.9 Å². The molecule has 2 saturated carbocycles. The topological polar surface area (TPSA) is 212 Å². The van der Waals surface area contributed by atoms with Gasteiger partial charge in [-0.15, -0.1) is 0 Å². The first kappa shape index (κ1) is 51.0. The Kier molecular flexibility index (Phi) is 13.9. The number of sulfonamides is 1. The van der Waals surface area contributed by atoms with Crippen LogP contribution in [0.25, 0.3) is 10.9 Å². The monoisotopic (exact) mass is 1000 g/mol. The van der Waals surface area contributed by atoms with E-state index in [0.717, 1.165) is 0 Å². The molecule has 8 rings (SSSR count). The number of hydrogen-bond donors (Lipinski definition) is 3. The Bertz CT molecular complexity index is 2540. The van der Waals surface area contributed by atoms with Gasteiger partial charge in [0, 0.05) is 49.2 Å². The largest absolute Gasteiger partial charge is 0.490 e. The van der Waals surface area contributed by atoms with E-state index in [1.807, 2.05) is 19.9 Å². The van der Waals surface area contributed by atoms with E-state index < -0.39 is 97.0 Å². The van der Waals surface area contributed by atoms with Crippen molar-refractivity contribution in [3.63, 3.8) is 0 Å². The van der Waals surface area contributed by atoms with Crippen LogP contribution in [0.15, 0.2) is 30.4 Å². The van der Waals surface area contributed by atoms with Crippen molar-refractivity contribution in [1.82, 2.24) is 30.1 Å². The van der Waals surface area contributed by atoms with Crippen molar-refractivity contribution in [2.45, 2.75) is 171 Å². The fourth-order valence-corrected chi connectivity index (χ4v) is 11.2. The van der Waals surface area contributed by atoms with E-state index in [2.05, 4.69) is 20.3 Å². The van der Waals surface area contributed by atoms with Crippen LogP contribution in [0.3, 0.4) is 0 Å². The van der Waals surface area contributed by atoms with Crippen LogP contribution < -0.4 is 24.8 Å². The van der Waals surface area contributed by atoms with E-state index in [4.69, 9.17) is 18.9 Å². The normalized spacial score (nSPS) is 27.3. The summed E-state index contributed by atoms with van der Waals surface area (Å²) in [5, 5.41) is 5.85. The first-order chi connectivity index (χ1) is 32.8. The summed E-state index contributed by atoms with van der Waals surface area (Å²) in [6.07, 6.45) is 1.24. The number of likely N-dealkylation sites (tertiary alicyclic amines) is 1. The van der Waals surface area contributed by atoms with E-state index in [-0.39, 0.29) is 68.4 Å². The highest BCUT2D eigenvalue weighted by molar-refractivity contribution is 7.91. The molecule has 17 nitrogen and oxygen atoms in total. The summed E-state index contributed by atoms with van der Waals surface area (Å²) in [6, 6.07) is 2.01. The lowest BCUT2D eigenvalue weighted by Gasteiger charge is -2.37. The number of pyridine rings is 1. The van der Waals surface area contributed by atoms with Crippen LogP contribution in [-0.2, 0) is 46.5 Å². The molecule has 384 valence electrons. The second-order valence-corrected chi connectivity index (χ2v) is 23.8. The van der Waals surface area contributed by atoms with E-state index in [0.29, 0.717) is 75.6 Å². The number of rotatable bonds is 8. The number of nitrogens with one attached hydrogen (secondary N) is 3. The summed E-state index contributed by atoms with van der Waals surface area (Å²) in [7, 11) is -4.12. The van der Waals surface area contributed by atoms with Crippen molar-refractivity contribution >= 4 is 50.8 Å². The highest BCUT2D eigenvalue weighted by Crippen LogP contribution is 2.51. The molecule has 3 N–H and O–H groups in total. The summed E-state index contributed by atoms with van der Waals surface area (Å²) in [5.74, 6) is -3.20. The fraction of sp³-hybridized carbons (Fsp3) is 0.673. The zero-order valence-corrected chi connectivity index (χ0v) is 41.5. The SMILES string of the molecule is CC(C)COC(=O)NC1CCCCCC=CC2CC2(C(=O)NS(=O)(=O)C2(C)CC2)NC(=O)C2CC3(CCc4c(c(C(F)(F)F)nc5ccc(OC6CCN(C(=O)OC(C)(C)C)CC6)cc45)O3)CN2C1=O. The molecule has 1 aromatic heterocycles. The van der Waals surface area contributed by atoms with Gasteiger partial charge in [-0.2, -0.15) is 13.2 Å². The van der Waals surface area contributed by atoms with Crippen molar-refractivity contribution in [3.8, 4) is 11.5 Å². The third-order valence-corrected chi connectivity index (χ3v) is 16.4. The Labute approximate surface area is 406 Å². The van der Waals surface area contributed by atoms with Gasteiger partial charge in [-0.1, -0.05) is 38.8 Å². The fourth-order valence-electron chi connectivity index (χ4n) is 9.88. The number of aryl methyl sites for hydroxylation is 1. The summed E-state index contributed by atoms with van der Waals surface area (Å²) in [6.45, 7) is 11.1. The Morgan fingerprint density at radius 2 is 1.74 bits per heavy atom. The highest BCUT2D eigenvalue weighted by atomic mass is 32.2. The molecule has 2 aromatic rings. The number of amides is 5. The number of hydrogen-bond acceptors (Lipinski definition) is 12. The standard InChI is InChI=1S/C49H65F3N6O11S/c1-29(2)27-66-43(62)54-36-13-11-9-7-8-10-12-30-25-48(30,42(61)56-70(64,65)46(6)20-21-46)55-40(59)37-26-47(28-58(37)41(36)60)19-16-33-34-24-32(14-15-35(34)53-39(38(33)68-47)49(50,51)52)67-31-17-22-57(23-18-31)44(63)69-45(3,4)5/h10,12,14-15,24,29-31,36-37H,7-9,11,13,16-23,25-28H2,1-6H3,(H,54,62)(H,55,59)(H,56,61). The van der Waals surface area contributed by atoms with Gasteiger partial charge in [-0.3, -0.25) is 19.1 Å². The minimum Gasteiger partial charge on any atom is -0.490 e. The van der Waals surface area contributed by atoms with Crippen LogP contribution in [0.4, 0.5) is 22.8 Å². The van der Waals surface area contributed by atoms with Crippen LogP contribution in [0, 0.1) is 11.8 Å². The predicted molar refractivity (Wildman–Crippen MR) is 249 cm³/mol. The van der Waals surface area contributed by atoms with Gasteiger partial charge in [0.2, 0.25) is 21.8 Å². The van der Waals surface area contributed by atoms with Crippen molar-refractivity contribution < 1.29 is 64.5 Å². The minimum atomic E-state index is -4.98. The number of halogens is 3. The maximum absolute atomic E-state index is 15.1. The number of ether oxygens (including phenoxy) is 4. The Morgan fingerprint density at radius 1 is 1.01 bits per heavy atom. The van der Waals surface area contributed by atoms with E-state index in [1.165, 1.54) is 17.9 Å². The molecule has 5 atom stereocenters.